The molecule has 0 bridgehead atoms. The molecule has 1 heterocycles. The van der Waals surface area contributed by atoms with Gasteiger partial charge < -0.3 is 0 Å². The Labute approximate surface area is 239 Å². The largest absolute Gasteiger partial charge is 0.296 e. The summed E-state index contributed by atoms with van der Waals surface area (Å²) in [4.78, 5) is 4.89. The number of benzene rings is 7. The highest BCUT2D eigenvalue weighted by molar-refractivity contribution is 6.21. The topological polar surface area (TPSA) is 17.8 Å². The van der Waals surface area contributed by atoms with E-state index in [1.807, 2.05) is 0 Å². The number of rotatable bonds is 4. The molecule has 2 nitrogen and oxygen atoms in total. The van der Waals surface area contributed by atoms with Crippen LogP contribution in [0.2, 0.25) is 0 Å². The molecule has 0 saturated carbocycles. The number of hydrogen-bond acceptors (Lipinski definition) is 1. The highest BCUT2D eigenvalue weighted by Crippen LogP contribution is 2.44. The summed E-state index contributed by atoms with van der Waals surface area (Å²) >= 11 is 0. The molecule has 0 aliphatic carbocycles. The minimum atomic E-state index is 0.880. The maximum absolute atomic E-state index is 4.89. The highest BCUT2D eigenvalue weighted by atomic mass is 15.1. The predicted molar refractivity (Wildman–Crippen MR) is 174 cm³/mol. The van der Waals surface area contributed by atoms with E-state index in [1.165, 1.54) is 54.6 Å². The summed E-state index contributed by atoms with van der Waals surface area (Å²) in [5.41, 5.74) is 8.41. The van der Waals surface area contributed by atoms with Crippen LogP contribution in [0.4, 0.5) is 0 Å². The molecule has 7 aromatic carbocycles. The average Bonchev–Trinajstić information content (AvgIpc) is 3.42. The van der Waals surface area contributed by atoms with Gasteiger partial charge in [-0.1, -0.05) is 116 Å². The van der Waals surface area contributed by atoms with Gasteiger partial charge in [-0.25, -0.2) is 4.98 Å². The number of imidazole rings is 1. The van der Waals surface area contributed by atoms with E-state index in [4.69, 9.17) is 4.98 Å². The SMILES string of the molecule is CCc1nc2ccccc2n1-c1ccc2cc(-c3c4ccccc4c(-c4ccccc4)c4ccccc34)ccc2c1. The van der Waals surface area contributed by atoms with E-state index in [0.717, 1.165) is 29.0 Å². The molecule has 0 aliphatic rings. The molecule has 1 aromatic heterocycles. The molecule has 0 saturated heterocycles. The predicted octanol–water partition coefficient (Wildman–Crippen LogP) is 10.4. The van der Waals surface area contributed by atoms with Crippen molar-refractivity contribution in [3.05, 3.63) is 145 Å². The Hall–Kier alpha value is -5.21. The fraction of sp³-hybridized carbons (Fsp3) is 0.0513. The lowest BCUT2D eigenvalue weighted by atomic mass is 9.85. The summed E-state index contributed by atoms with van der Waals surface area (Å²) in [6, 6.07) is 50.5. The van der Waals surface area contributed by atoms with Crippen molar-refractivity contribution in [2.45, 2.75) is 13.3 Å². The normalized spacial score (nSPS) is 11.6. The van der Waals surface area contributed by atoms with Crippen molar-refractivity contribution in [1.82, 2.24) is 9.55 Å². The van der Waals surface area contributed by atoms with E-state index in [0.29, 0.717) is 0 Å². The smallest absolute Gasteiger partial charge is 0.114 e. The molecule has 8 aromatic rings. The third-order valence-electron chi connectivity index (χ3n) is 8.31. The van der Waals surface area contributed by atoms with Gasteiger partial charge in [-0.3, -0.25) is 4.57 Å². The Balaban J connectivity index is 1.35. The Kier molecular flexibility index (Phi) is 5.46. The molecule has 8 rings (SSSR count). The fourth-order valence-electron chi connectivity index (χ4n) is 6.48. The van der Waals surface area contributed by atoms with Crippen LogP contribution in [0.15, 0.2) is 140 Å². The molecule has 0 atom stereocenters. The van der Waals surface area contributed by atoms with Gasteiger partial charge in [0, 0.05) is 12.1 Å². The lowest BCUT2D eigenvalue weighted by Gasteiger charge is -2.18. The van der Waals surface area contributed by atoms with E-state index >= 15 is 0 Å². The maximum atomic E-state index is 4.89. The Bertz CT molecular complexity index is 2180. The molecular weight excluding hydrogens is 496 g/mol. The first-order chi connectivity index (χ1) is 20.3. The lowest BCUT2D eigenvalue weighted by molar-refractivity contribution is 0.909. The summed E-state index contributed by atoms with van der Waals surface area (Å²) in [6.45, 7) is 2.17. The van der Waals surface area contributed by atoms with E-state index in [2.05, 4.69) is 151 Å². The second-order valence-corrected chi connectivity index (χ2v) is 10.7. The van der Waals surface area contributed by atoms with Gasteiger partial charge in [0.25, 0.3) is 0 Å². The van der Waals surface area contributed by atoms with Crippen LogP contribution in [0.25, 0.3) is 71.3 Å². The fourth-order valence-corrected chi connectivity index (χ4v) is 6.48. The average molecular weight is 525 g/mol. The number of nitrogens with zero attached hydrogens (tertiary/aromatic N) is 2. The number of fused-ring (bicyclic) bond motifs is 4. The third kappa shape index (κ3) is 3.76. The minimum Gasteiger partial charge on any atom is -0.296 e. The third-order valence-corrected chi connectivity index (χ3v) is 8.31. The van der Waals surface area contributed by atoms with Gasteiger partial charge in [-0.15, -0.1) is 0 Å². The van der Waals surface area contributed by atoms with Crippen molar-refractivity contribution in [3.8, 4) is 27.9 Å². The number of aryl methyl sites for hydroxylation is 1. The van der Waals surface area contributed by atoms with Gasteiger partial charge in [0.1, 0.15) is 5.82 Å². The molecule has 0 radical (unpaired) electrons. The zero-order valence-corrected chi connectivity index (χ0v) is 22.9. The first-order valence-electron chi connectivity index (χ1n) is 14.3. The van der Waals surface area contributed by atoms with Crippen molar-refractivity contribution in [3.63, 3.8) is 0 Å². The van der Waals surface area contributed by atoms with Gasteiger partial charge in [0.05, 0.1) is 11.0 Å². The zero-order chi connectivity index (χ0) is 27.3. The summed E-state index contributed by atoms with van der Waals surface area (Å²) < 4.78 is 2.30. The van der Waals surface area contributed by atoms with Crippen molar-refractivity contribution in [2.24, 2.45) is 0 Å². The molecule has 2 heteroatoms. The van der Waals surface area contributed by atoms with Crippen LogP contribution in [0.3, 0.4) is 0 Å². The maximum Gasteiger partial charge on any atom is 0.114 e. The van der Waals surface area contributed by atoms with Gasteiger partial charge in [0.15, 0.2) is 0 Å². The molecule has 0 unspecified atom stereocenters. The number of aromatic nitrogens is 2. The van der Waals surface area contributed by atoms with Crippen molar-refractivity contribution in [2.75, 3.05) is 0 Å². The summed E-state index contributed by atoms with van der Waals surface area (Å²) in [5, 5.41) is 7.57. The van der Waals surface area contributed by atoms with E-state index in [-0.39, 0.29) is 0 Å². The summed E-state index contributed by atoms with van der Waals surface area (Å²) in [7, 11) is 0. The quantitative estimate of drug-likeness (QED) is 0.209. The van der Waals surface area contributed by atoms with E-state index in [9.17, 15) is 0 Å². The first kappa shape index (κ1) is 23.7. The second-order valence-electron chi connectivity index (χ2n) is 10.7. The van der Waals surface area contributed by atoms with Crippen LogP contribution in [-0.2, 0) is 6.42 Å². The van der Waals surface area contributed by atoms with Gasteiger partial charge in [0.2, 0.25) is 0 Å². The van der Waals surface area contributed by atoms with Gasteiger partial charge in [-0.05, 0) is 84.9 Å². The molecule has 41 heavy (non-hydrogen) atoms. The van der Waals surface area contributed by atoms with Crippen LogP contribution >= 0.6 is 0 Å². The Morgan fingerprint density at radius 3 is 1.76 bits per heavy atom. The van der Waals surface area contributed by atoms with Gasteiger partial charge >= 0.3 is 0 Å². The molecule has 0 spiro atoms. The van der Waals surface area contributed by atoms with E-state index < -0.39 is 0 Å². The number of para-hydroxylation sites is 2. The van der Waals surface area contributed by atoms with Gasteiger partial charge in [-0.2, -0.15) is 0 Å². The summed E-state index contributed by atoms with van der Waals surface area (Å²) in [5.74, 6) is 1.08. The second kappa shape index (κ2) is 9.46. The lowest BCUT2D eigenvalue weighted by Crippen LogP contribution is -2.00. The molecule has 0 N–H and O–H groups in total. The molecule has 194 valence electrons. The monoisotopic (exact) mass is 524 g/mol. The highest BCUT2D eigenvalue weighted by Gasteiger charge is 2.17. The van der Waals surface area contributed by atoms with Crippen LogP contribution in [-0.4, -0.2) is 9.55 Å². The molecule has 0 aliphatic heterocycles. The van der Waals surface area contributed by atoms with Crippen molar-refractivity contribution >= 4 is 43.4 Å². The molecule has 0 fully saturated rings. The summed E-state index contributed by atoms with van der Waals surface area (Å²) in [6.07, 6.45) is 0.880. The van der Waals surface area contributed by atoms with Crippen LogP contribution in [0.1, 0.15) is 12.7 Å². The van der Waals surface area contributed by atoms with Crippen molar-refractivity contribution in [1.29, 1.82) is 0 Å². The zero-order valence-electron chi connectivity index (χ0n) is 22.9. The molecule has 0 amide bonds. The van der Waals surface area contributed by atoms with Crippen LogP contribution in [0, 0.1) is 0 Å². The first-order valence-corrected chi connectivity index (χ1v) is 14.3. The van der Waals surface area contributed by atoms with Crippen LogP contribution < -0.4 is 0 Å². The number of hydrogen-bond donors (Lipinski definition) is 0. The minimum absolute atomic E-state index is 0.880. The van der Waals surface area contributed by atoms with Crippen molar-refractivity contribution < 1.29 is 0 Å². The van der Waals surface area contributed by atoms with E-state index in [1.54, 1.807) is 0 Å². The standard InChI is InChI=1S/C39H28N2/c1-2-37-40-35-18-10-11-19-36(35)41(37)30-23-22-27-24-29(21-20-28(27)25-30)39-33-16-8-6-14-31(33)38(26-12-4-3-5-13-26)32-15-7-9-17-34(32)39/h3-25H,2H2,1H3. The Morgan fingerprint density at radius 1 is 0.512 bits per heavy atom. The Morgan fingerprint density at radius 2 is 1.07 bits per heavy atom. The molecular formula is C39H28N2. The van der Waals surface area contributed by atoms with Crippen LogP contribution in [0.5, 0.6) is 0 Å².